The molecule has 3 nitrogen and oxygen atoms in total. The Morgan fingerprint density at radius 2 is 2.62 bits per heavy atom. The van der Waals surface area contributed by atoms with Crippen LogP contribution in [0.2, 0.25) is 0 Å². The van der Waals surface area contributed by atoms with Crippen LogP contribution in [-0.2, 0) is 11.2 Å². The van der Waals surface area contributed by atoms with Crippen LogP contribution in [0.25, 0.3) is 0 Å². The van der Waals surface area contributed by atoms with Gasteiger partial charge in [0.15, 0.2) is 0 Å². The number of ketones is 1. The highest BCUT2D eigenvalue weighted by molar-refractivity contribution is 8.00. The monoisotopic (exact) mass is 196 g/mol. The van der Waals surface area contributed by atoms with Crippen LogP contribution in [-0.4, -0.2) is 27.5 Å². The molecule has 1 atom stereocenters. The third-order valence-electron chi connectivity index (χ3n) is 2.23. The third kappa shape index (κ3) is 1.94. The van der Waals surface area contributed by atoms with Gasteiger partial charge in [-0.15, -0.1) is 0 Å². The Kier molecular flexibility index (Phi) is 2.40. The van der Waals surface area contributed by atoms with Gasteiger partial charge in [-0.2, -0.15) is 16.9 Å². The number of nitrogens with one attached hydrogen (secondary N) is 1. The Morgan fingerprint density at radius 1 is 1.77 bits per heavy atom. The molecule has 1 fully saturated rings. The molecule has 70 valence electrons. The Hall–Kier alpha value is -0.770. The van der Waals surface area contributed by atoms with Gasteiger partial charge in [0.25, 0.3) is 0 Å². The number of hydrogen-bond donors (Lipinski definition) is 1. The molecule has 2 rings (SSSR count). The standard InChI is InChI=1S/C9H12N2OS/c1-6-2-8(11-10-6)3-7-4-13-5-9(7)12/h2,7H,3-5H2,1H3,(H,10,11). The summed E-state index contributed by atoms with van der Waals surface area (Å²) in [4.78, 5) is 11.3. The van der Waals surface area contributed by atoms with Crippen molar-refractivity contribution in [3.63, 3.8) is 0 Å². The van der Waals surface area contributed by atoms with E-state index in [0.29, 0.717) is 11.5 Å². The highest BCUT2D eigenvalue weighted by Gasteiger charge is 2.25. The van der Waals surface area contributed by atoms with Gasteiger partial charge in [-0.05, 0) is 13.0 Å². The van der Waals surface area contributed by atoms with Crippen LogP contribution in [0.3, 0.4) is 0 Å². The summed E-state index contributed by atoms with van der Waals surface area (Å²) in [6.45, 7) is 1.97. The number of thioether (sulfide) groups is 1. The van der Waals surface area contributed by atoms with Crippen molar-refractivity contribution in [2.75, 3.05) is 11.5 Å². The molecule has 2 heterocycles. The third-order valence-corrected chi connectivity index (χ3v) is 3.36. The van der Waals surface area contributed by atoms with Crippen LogP contribution >= 0.6 is 11.8 Å². The van der Waals surface area contributed by atoms with Crippen molar-refractivity contribution in [1.29, 1.82) is 0 Å². The highest BCUT2D eigenvalue weighted by atomic mass is 32.2. The maximum atomic E-state index is 11.3. The van der Waals surface area contributed by atoms with Crippen molar-refractivity contribution in [1.82, 2.24) is 10.2 Å². The zero-order valence-electron chi connectivity index (χ0n) is 7.54. The second-order valence-electron chi connectivity index (χ2n) is 3.42. The van der Waals surface area contributed by atoms with Crippen LogP contribution in [0.4, 0.5) is 0 Å². The van der Waals surface area contributed by atoms with Crippen LogP contribution in [0, 0.1) is 12.8 Å². The van der Waals surface area contributed by atoms with Crippen LogP contribution in [0.15, 0.2) is 6.07 Å². The molecule has 0 spiro atoms. The maximum Gasteiger partial charge on any atom is 0.147 e. The minimum atomic E-state index is 0.202. The Labute approximate surface area is 81.3 Å². The van der Waals surface area contributed by atoms with E-state index in [1.165, 1.54) is 0 Å². The molecular weight excluding hydrogens is 184 g/mol. The second-order valence-corrected chi connectivity index (χ2v) is 4.46. The molecule has 1 N–H and O–H groups in total. The van der Waals surface area contributed by atoms with Gasteiger partial charge in [-0.1, -0.05) is 0 Å². The summed E-state index contributed by atoms with van der Waals surface area (Å²) in [5.41, 5.74) is 2.08. The zero-order valence-corrected chi connectivity index (χ0v) is 8.36. The van der Waals surface area contributed by atoms with Crippen molar-refractivity contribution in [2.24, 2.45) is 5.92 Å². The molecule has 0 amide bonds. The molecule has 1 aliphatic heterocycles. The molecule has 4 heteroatoms. The summed E-state index contributed by atoms with van der Waals surface area (Å²) in [5, 5.41) is 7.02. The molecule has 1 saturated heterocycles. The van der Waals surface area contributed by atoms with E-state index >= 15 is 0 Å². The normalized spacial score (nSPS) is 22.5. The quantitative estimate of drug-likeness (QED) is 0.773. The van der Waals surface area contributed by atoms with E-state index in [2.05, 4.69) is 10.2 Å². The van der Waals surface area contributed by atoms with E-state index in [9.17, 15) is 4.79 Å². The van der Waals surface area contributed by atoms with Gasteiger partial charge >= 0.3 is 0 Å². The average Bonchev–Trinajstić information content (AvgIpc) is 2.64. The molecule has 1 unspecified atom stereocenters. The number of aryl methyl sites for hydroxylation is 1. The topological polar surface area (TPSA) is 45.8 Å². The lowest BCUT2D eigenvalue weighted by atomic mass is 10.0. The number of H-pyrrole nitrogens is 1. The van der Waals surface area contributed by atoms with E-state index in [0.717, 1.165) is 23.6 Å². The van der Waals surface area contributed by atoms with Gasteiger partial charge in [-0.25, -0.2) is 0 Å². The molecule has 13 heavy (non-hydrogen) atoms. The molecule has 0 bridgehead atoms. The van der Waals surface area contributed by atoms with E-state index in [1.54, 1.807) is 11.8 Å². The Balaban J connectivity index is 2.01. The lowest BCUT2D eigenvalue weighted by Gasteiger charge is -2.02. The fourth-order valence-electron chi connectivity index (χ4n) is 1.52. The lowest BCUT2D eigenvalue weighted by molar-refractivity contribution is -0.119. The summed E-state index contributed by atoms with van der Waals surface area (Å²) in [6, 6.07) is 2.01. The predicted molar refractivity (Wildman–Crippen MR) is 52.9 cm³/mol. The number of Topliss-reactive ketones (excluding diaryl/α,β-unsaturated/α-hetero) is 1. The van der Waals surface area contributed by atoms with E-state index in [1.807, 2.05) is 13.0 Å². The van der Waals surface area contributed by atoms with Gasteiger partial charge in [0.05, 0.1) is 11.4 Å². The number of hydrogen-bond acceptors (Lipinski definition) is 3. The molecule has 1 aromatic rings. The molecule has 1 aliphatic rings. The van der Waals surface area contributed by atoms with Crippen molar-refractivity contribution in [3.05, 3.63) is 17.5 Å². The van der Waals surface area contributed by atoms with Crippen molar-refractivity contribution in [3.8, 4) is 0 Å². The number of aromatic nitrogens is 2. The summed E-state index contributed by atoms with van der Waals surface area (Å²) >= 11 is 1.73. The van der Waals surface area contributed by atoms with E-state index < -0.39 is 0 Å². The number of aromatic amines is 1. The van der Waals surface area contributed by atoms with Crippen molar-refractivity contribution in [2.45, 2.75) is 13.3 Å². The van der Waals surface area contributed by atoms with Crippen molar-refractivity contribution >= 4 is 17.5 Å². The molecule has 0 aromatic carbocycles. The minimum Gasteiger partial charge on any atom is -0.298 e. The Morgan fingerprint density at radius 3 is 3.15 bits per heavy atom. The summed E-state index contributed by atoms with van der Waals surface area (Å²) < 4.78 is 0. The number of nitrogens with zero attached hydrogens (tertiary/aromatic N) is 1. The van der Waals surface area contributed by atoms with Crippen molar-refractivity contribution < 1.29 is 4.79 Å². The van der Waals surface area contributed by atoms with Gasteiger partial charge < -0.3 is 0 Å². The summed E-state index contributed by atoms with van der Waals surface area (Å²) in [7, 11) is 0. The summed E-state index contributed by atoms with van der Waals surface area (Å²) in [6.07, 6.45) is 0.802. The van der Waals surface area contributed by atoms with Gasteiger partial charge in [0, 0.05) is 23.8 Å². The Bertz CT molecular complexity index is 321. The number of rotatable bonds is 2. The summed E-state index contributed by atoms with van der Waals surface area (Å²) in [5.74, 6) is 2.23. The molecule has 0 radical (unpaired) electrons. The second kappa shape index (κ2) is 3.54. The predicted octanol–water partition coefficient (Wildman–Crippen LogP) is 1.19. The van der Waals surface area contributed by atoms with Crippen LogP contribution < -0.4 is 0 Å². The molecule has 1 aromatic heterocycles. The zero-order chi connectivity index (χ0) is 9.26. The first-order valence-electron chi connectivity index (χ1n) is 4.37. The average molecular weight is 196 g/mol. The first-order chi connectivity index (χ1) is 6.25. The number of carbonyl (C=O) groups excluding carboxylic acids is 1. The van der Waals surface area contributed by atoms with E-state index in [-0.39, 0.29) is 5.92 Å². The fourth-order valence-corrected chi connectivity index (χ4v) is 2.66. The van der Waals surface area contributed by atoms with Gasteiger partial charge in [0.2, 0.25) is 0 Å². The fraction of sp³-hybridized carbons (Fsp3) is 0.556. The molecule has 0 saturated carbocycles. The number of carbonyl (C=O) groups is 1. The lowest BCUT2D eigenvalue weighted by Crippen LogP contribution is -2.14. The minimum absolute atomic E-state index is 0.202. The first kappa shape index (κ1) is 8.81. The SMILES string of the molecule is Cc1cc(CC2CSCC2=O)n[nH]1. The highest BCUT2D eigenvalue weighted by Crippen LogP contribution is 2.23. The maximum absolute atomic E-state index is 11.3. The van der Waals surface area contributed by atoms with Crippen LogP contribution in [0.1, 0.15) is 11.4 Å². The smallest absolute Gasteiger partial charge is 0.147 e. The molecule has 0 aliphatic carbocycles. The van der Waals surface area contributed by atoms with E-state index in [4.69, 9.17) is 0 Å². The van der Waals surface area contributed by atoms with Gasteiger partial charge in [-0.3, -0.25) is 9.89 Å². The first-order valence-corrected chi connectivity index (χ1v) is 5.52. The largest absolute Gasteiger partial charge is 0.298 e. The van der Waals surface area contributed by atoms with Crippen LogP contribution in [0.5, 0.6) is 0 Å². The molecular formula is C9H12N2OS. The van der Waals surface area contributed by atoms with Gasteiger partial charge in [0.1, 0.15) is 5.78 Å².